The SMILES string of the molecule is CN(C)c1ccc(CCl)cc1C#N. The molecule has 3 heteroatoms. The third-order valence-electron chi connectivity index (χ3n) is 1.82. The lowest BCUT2D eigenvalue weighted by Crippen LogP contribution is -2.10. The Morgan fingerprint density at radius 1 is 1.46 bits per heavy atom. The van der Waals surface area contributed by atoms with Gasteiger partial charge in [0.15, 0.2) is 0 Å². The average molecular weight is 195 g/mol. The van der Waals surface area contributed by atoms with Crippen LogP contribution in [0.5, 0.6) is 0 Å². The van der Waals surface area contributed by atoms with Crippen molar-refractivity contribution in [1.29, 1.82) is 5.26 Å². The highest BCUT2D eigenvalue weighted by Gasteiger charge is 2.04. The Morgan fingerprint density at radius 3 is 2.62 bits per heavy atom. The first-order valence-electron chi connectivity index (χ1n) is 3.95. The van der Waals surface area contributed by atoms with Crippen molar-refractivity contribution in [2.45, 2.75) is 5.88 Å². The number of anilines is 1. The molecule has 1 aromatic rings. The van der Waals surface area contributed by atoms with Crippen LogP contribution in [0.25, 0.3) is 0 Å². The van der Waals surface area contributed by atoms with E-state index in [1.54, 1.807) is 0 Å². The minimum atomic E-state index is 0.447. The standard InChI is InChI=1S/C10H11ClN2/c1-13(2)10-4-3-8(6-11)5-9(10)7-12/h3-5H,6H2,1-2H3. The van der Waals surface area contributed by atoms with E-state index in [1.165, 1.54) is 0 Å². The van der Waals surface area contributed by atoms with E-state index < -0.39 is 0 Å². The first-order chi connectivity index (χ1) is 6.19. The largest absolute Gasteiger partial charge is 0.377 e. The van der Waals surface area contributed by atoms with E-state index in [9.17, 15) is 0 Å². The van der Waals surface area contributed by atoms with E-state index in [0.717, 1.165) is 11.3 Å². The number of hydrogen-bond acceptors (Lipinski definition) is 2. The first-order valence-corrected chi connectivity index (χ1v) is 4.49. The molecular formula is C10H11ClN2. The Balaban J connectivity index is 3.18. The van der Waals surface area contributed by atoms with E-state index >= 15 is 0 Å². The predicted molar refractivity (Wildman–Crippen MR) is 55.0 cm³/mol. The van der Waals surface area contributed by atoms with Gasteiger partial charge in [-0.25, -0.2) is 0 Å². The average Bonchev–Trinajstić information content (AvgIpc) is 2.16. The van der Waals surface area contributed by atoms with Crippen molar-refractivity contribution in [3.63, 3.8) is 0 Å². The number of alkyl halides is 1. The smallest absolute Gasteiger partial charge is 0.101 e. The molecule has 0 amide bonds. The monoisotopic (exact) mass is 194 g/mol. The number of halogens is 1. The van der Waals surface area contributed by atoms with Gasteiger partial charge in [0.1, 0.15) is 6.07 Å². The van der Waals surface area contributed by atoms with Crippen LogP contribution in [0.1, 0.15) is 11.1 Å². The molecule has 13 heavy (non-hydrogen) atoms. The Bertz CT molecular complexity index is 339. The summed E-state index contributed by atoms with van der Waals surface area (Å²) >= 11 is 5.66. The highest BCUT2D eigenvalue weighted by molar-refractivity contribution is 6.17. The molecular weight excluding hydrogens is 184 g/mol. The summed E-state index contributed by atoms with van der Waals surface area (Å²) in [4.78, 5) is 1.91. The Hall–Kier alpha value is -1.20. The molecule has 0 radical (unpaired) electrons. The van der Waals surface area contributed by atoms with Crippen molar-refractivity contribution in [3.8, 4) is 6.07 Å². The molecule has 0 aliphatic carbocycles. The van der Waals surface area contributed by atoms with Crippen molar-refractivity contribution in [1.82, 2.24) is 0 Å². The third kappa shape index (κ3) is 2.13. The molecule has 2 nitrogen and oxygen atoms in total. The van der Waals surface area contributed by atoms with E-state index in [4.69, 9.17) is 16.9 Å². The minimum Gasteiger partial charge on any atom is -0.377 e. The van der Waals surface area contributed by atoms with Crippen molar-refractivity contribution in [3.05, 3.63) is 29.3 Å². The summed E-state index contributed by atoms with van der Waals surface area (Å²) in [5.74, 6) is 0.447. The van der Waals surface area contributed by atoms with Gasteiger partial charge in [0.05, 0.1) is 11.3 Å². The van der Waals surface area contributed by atoms with Crippen LogP contribution in [0.15, 0.2) is 18.2 Å². The molecule has 0 aliphatic rings. The molecule has 1 rings (SSSR count). The second kappa shape index (κ2) is 4.15. The summed E-state index contributed by atoms with van der Waals surface area (Å²) in [7, 11) is 3.83. The summed E-state index contributed by atoms with van der Waals surface area (Å²) in [5, 5.41) is 8.87. The topological polar surface area (TPSA) is 27.0 Å². The maximum absolute atomic E-state index is 8.87. The van der Waals surface area contributed by atoms with Gasteiger partial charge in [0.2, 0.25) is 0 Å². The number of nitriles is 1. The summed E-state index contributed by atoms with van der Waals surface area (Å²) < 4.78 is 0. The zero-order valence-corrected chi connectivity index (χ0v) is 8.47. The molecule has 1 aromatic carbocycles. The first kappa shape index (κ1) is 9.88. The lowest BCUT2D eigenvalue weighted by atomic mass is 10.1. The lowest BCUT2D eigenvalue weighted by Gasteiger charge is -2.14. The van der Waals surface area contributed by atoms with Crippen LogP contribution in [-0.2, 0) is 5.88 Å². The zero-order chi connectivity index (χ0) is 9.84. The quantitative estimate of drug-likeness (QED) is 0.676. The number of hydrogen-bond donors (Lipinski definition) is 0. The van der Waals surface area contributed by atoms with Crippen LogP contribution in [0.2, 0.25) is 0 Å². The summed E-state index contributed by atoms with van der Waals surface area (Å²) in [5.41, 5.74) is 2.57. The lowest BCUT2D eigenvalue weighted by molar-refractivity contribution is 1.12. The van der Waals surface area contributed by atoms with E-state index in [-0.39, 0.29) is 0 Å². The molecule has 68 valence electrons. The molecule has 0 aliphatic heterocycles. The van der Waals surface area contributed by atoms with Crippen molar-refractivity contribution in [2.24, 2.45) is 0 Å². The molecule has 0 saturated carbocycles. The maximum atomic E-state index is 8.87. The van der Waals surface area contributed by atoms with Gasteiger partial charge in [0.25, 0.3) is 0 Å². The zero-order valence-electron chi connectivity index (χ0n) is 7.71. The highest BCUT2D eigenvalue weighted by Crippen LogP contribution is 2.19. The normalized spacial score (nSPS) is 9.38. The van der Waals surface area contributed by atoms with Crippen LogP contribution >= 0.6 is 11.6 Å². The van der Waals surface area contributed by atoms with Crippen molar-refractivity contribution >= 4 is 17.3 Å². The van der Waals surface area contributed by atoms with Gasteiger partial charge in [-0.3, -0.25) is 0 Å². The summed E-state index contributed by atoms with van der Waals surface area (Å²) in [6.07, 6.45) is 0. The van der Waals surface area contributed by atoms with Crippen LogP contribution < -0.4 is 4.90 Å². The summed E-state index contributed by atoms with van der Waals surface area (Å²) in [6.45, 7) is 0. The minimum absolute atomic E-state index is 0.447. The predicted octanol–water partition coefficient (Wildman–Crippen LogP) is 2.36. The summed E-state index contributed by atoms with van der Waals surface area (Å²) in [6, 6.07) is 7.82. The van der Waals surface area contributed by atoms with Gasteiger partial charge in [-0.05, 0) is 17.7 Å². The van der Waals surface area contributed by atoms with Crippen molar-refractivity contribution < 1.29 is 0 Å². The molecule has 0 fully saturated rings. The molecule has 0 spiro atoms. The number of nitrogens with zero attached hydrogens (tertiary/aromatic N) is 2. The van der Waals surface area contributed by atoms with Gasteiger partial charge in [-0.2, -0.15) is 5.26 Å². The van der Waals surface area contributed by atoms with Crippen LogP contribution in [0.4, 0.5) is 5.69 Å². The Labute approximate surface area is 83.3 Å². The van der Waals surface area contributed by atoms with Gasteiger partial charge < -0.3 is 4.90 Å². The van der Waals surface area contributed by atoms with Crippen LogP contribution in [0.3, 0.4) is 0 Å². The molecule has 0 unspecified atom stereocenters. The Morgan fingerprint density at radius 2 is 2.15 bits per heavy atom. The van der Waals surface area contributed by atoms with Gasteiger partial charge in [0, 0.05) is 20.0 Å². The molecule has 0 heterocycles. The second-order valence-corrected chi connectivity index (χ2v) is 3.26. The van der Waals surface area contributed by atoms with E-state index in [1.807, 2.05) is 37.2 Å². The van der Waals surface area contributed by atoms with Crippen LogP contribution in [-0.4, -0.2) is 14.1 Å². The third-order valence-corrected chi connectivity index (χ3v) is 2.13. The van der Waals surface area contributed by atoms with E-state index in [0.29, 0.717) is 11.4 Å². The fourth-order valence-electron chi connectivity index (χ4n) is 1.15. The number of benzene rings is 1. The fraction of sp³-hybridized carbons (Fsp3) is 0.300. The van der Waals surface area contributed by atoms with Gasteiger partial charge in [-0.1, -0.05) is 6.07 Å². The fourth-order valence-corrected chi connectivity index (χ4v) is 1.31. The van der Waals surface area contributed by atoms with E-state index in [2.05, 4.69) is 6.07 Å². The molecule has 0 atom stereocenters. The highest BCUT2D eigenvalue weighted by atomic mass is 35.5. The van der Waals surface area contributed by atoms with Crippen molar-refractivity contribution in [2.75, 3.05) is 19.0 Å². The Kier molecular flexibility index (Phi) is 3.16. The second-order valence-electron chi connectivity index (χ2n) is 2.99. The molecule has 0 N–H and O–H groups in total. The van der Waals surface area contributed by atoms with Crippen LogP contribution in [0, 0.1) is 11.3 Å². The van der Waals surface area contributed by atoms with Gasteiger partial charge in [-0.15, -0.1) is 11.6 Å². The molecule has 0 saturated heterocycles. The molecule has 0 bridgehead atoms. The molecule has 0 aromatic heterocycles. The number of rotatable bonds is 2. The maximum Gasteiger partial charge on any atom is 0.101 e. The van der Waals surface area contributed by atoms with Gasteiger partial charge >= 0.3 is 0 Å².